The fourth-order valence-electron chi connectivity index (χ4n) is 3.07. The Kier molecular flexibility index (Phi) is 7.67. The summed E-state index contributed by atoms with van der Waals surface area (Å²) in [5.41, 5.74) is 2.44. The summed E-state index contributed by atoms with van der Waals surface area (Å²) in [6.45, 7) is 5.81. The van der Waals surface area contributed by atoms with Crippen molar-refractivity contribution in [2.45, 2.75) is 33.2 Å². The summed E-state index contributed by atoms with van der Waals surface area (Å²) in [5, 5.41) is 3.00. The first-order valence-corrected chi connectivity index (χ1v) is 11.4. The molecule has 6 nitrogen and oxygen atoms in total. The molecule has 0 spiro atoms. The van der Waals surface area contributed by atoms with Crippen molar-refractivity contribution in [1.29, 1.82) is 0 Å². The van der Waals surface area contributed by atoms with E-state index >= 15 is 0 Å². The number of carbonyl (C=O) groups excluding carboxylic acids is 1. The molecule has 1 atom stereocenters. The molecule has 0 unspecified atom stereocenters. The predicted octanol–water partition coefficient (Wildman–Crippen LogP) is 3.67. The fourth-order valence-corrected chi connectivity index (χ4v) is 3.92. The molecule has 0 aliphatic carbocycles. The standard InChI is InChI=1S/C22H30N2O4S/c1-16(2)14-21(18-8-12-20(28-4)13-9-18)23-22(25)15-24(29(5,26)27)19-10-6-17(3)7-11-19/h6-13,16,21H,14-15H2,1-5H3,(H,23,25)/t21-/m0/s1. The van der Waals surface area contributed by atoms with E-state index in [1.807, 2.05) is 43.3 Å². The van der Waals surface area contributed by atoms with Crippen LogP contribution in [0.4, 0.5) is 5.69 Å². The Hall–Kier alpha value is -2.54. The van der Waals surface area contributed by atoms with Gasteiger partial charge in [-0.05, 0) is 49.1 Å². The van der Waals surface area contributed by atoms with Crippen LogP contribution in [0, 0.1) is 12.8 Å². The van der Waals surface area contributed by atoms with Gasteiger partial charge in [0, 0.05) is 0 Å². The van der Waals surface area contributed by atoms with Gasteiger partial charge in [-0.1, -0.05) is 43.7 Å². The SMILES string of the molecule is COc1ccc([C@H](CC(C)C)NC(=O)CN(c2ccc(C)cc2)S(C)(=O)=O)cc1. The number of carbonyl (C=O) groups is 1. The molecule has 158 valence electrons. The van der Waals surface area contributed by atoms with Gasteiger partial charge in [0.05, 0.1) is 25.1 Å². The van der Waals surface area contributed by atoms with E-state index < -0.39 is 10.0 Å². The second-order valence-corrected chi connectivity index (χ2v) is 9.53. The Morgan fingerprint density at radius 2 is 1.66 bits per heavy atom. The number of nitrogens with one attached hydrogen (secondary N) is 1. The minimum atomic E-state index is -3.60. The number of anilines is 1. The molecule has 0 heterocycles. The summed E-state index contributed by atoms with van der Waals surface area (Å²) < 4.78 is 30.9. The summed E-state index contributed by atoms with van der Waals surface area (Å²) in [7, 11) is -2.00. The van der Waals surface area contributed by atoms with Crippen molar-refractivity contribution in [3.63, 3.8) is 0 Å². The lowest BCUT2D eigenvalue weighted by Gasteiger charge is -2.25. The average molecular weight is 419 g/mol. The van der Waals surface area contributed by atoms with Crippen LogP contribution in [-0.4, -0.2) is 34.2 Å². The van der Waals surface area contributed by atoms with Crippen LogP contribution in [0.25, 0.3) is 0 Å². The van der Waals surface area contributed by atoms with E-state index in [1.54, 1.807) is 19.2 Å². The molecule has 29 heavy (non-hydrogen) atoms. The van der Waals surface area contributed by atoms with Crippen LogP contribution in [0.1, 0.15) is 37.4 Å². The normalized spacial score (nSPS) is 12.5. The van der Waals surface area contributed by atoms with Crippen LogP contribution in [-0.2, 0) is 14.8 Å². The molecule has 2 rings (SSSR count). The van der Waals surface area contributed by atoms with Crippen molar-refractivity contribution >= 4 is 21.6 Å². The first-order valence-electron chi connectivity index (χ1n) is 9.58. The zero-order valence-electron chi connectivity index (χ0n) is 17.7. The van der Waals surface area contributed by atoms with Crippen molar-refractivity contribution in [3.8, 4) is 5.75 Å². The third-order valence-electron chi connectivity index (χ3n) is 4.57. The van der Waals surface area contributed by atoms with E-state index in [0.29, 0.717) is 11.6 Å². The maximum absolute atomic E-state index is 12.8. The molecular formula is C22H30N2O4S. The van der Waals surface area contributed by atoms with Crippen LogP contribution in [0.3, 0.4) is 0 Å². The maximum Gasteiger partial charge on any atom is 0.241 e. The smallest absolute Gasteiger partial charge is 0.241 e. The zero-order valence-corrected chi connectivity index (χ0v) is 18.5. The summed E-state index contributed by atoms with van der Waals surface area (Å²) in [6, 6.07) is 14.4. The molecule has 0 aromatic heterocycles. The highest BCUT2D eigenvalue weighted by atomic mass is 32.2. The number of aryl methyl sites for hydroxylation is 1. The maximum atomic E-state index is 12.8. The van der Waals surface area contributed by atoms with E-state index in [1.165, 1.54) is 0 Å². The summed E-state index contributed by atoms with van der Waals surface area (Å²) in [5.74, 6) is 0.744. The van der Waals surface area contributed by atoms with Crippen LogP contribution in [0.15, 0.2) is 48.5 Å². The lowest BCUT2D eigenvalue weighted by Crippen LogP contribution is -2.41. The van der Waals surface area contributed by atoms with E-state index in [4.69, 9.17) is 4.74 Å². The van der Waals surface area contributed by atoms with E-state index in [9.17, 15) is 13.2 Å². The van der Waals surface area contributed by atoms with Gasteiger partial charge < -0.3 is 10.1 Å². The number of hydrogen-bond donors (Lipinski definition) is 1. The highest BCUT2D eigenvalue weighted by molar-refractivity contribution is 7.92. The third-order valence-corrected chi connectivity index (χ3v) is 5.71. The molecule has 0 saturated heterocycles. The molecule has 2 aromatic rings. The van der Waals surface area contributed by atoms with Gasteiger partial charge >= 0.3 is 0 Å². The Bertz CT molecular complexity index is 907. The highest BCUT2D eigenvalue weighted by Crippen LogP contribution is 2.24. The van der Waals surface area contributed by atoms with Gasteiger partial charge in [0.2, 0.25) is 15.9 Å². The summed E-state index contributed by atoms with van der Waals surface area (Å²) in [4.78, 5) is 12.8. The quantitative estimate of drug-likeness (QED) is 0.674. The summed E-state index contributed by atoms with van der Waals surface area (Å²) in [6.07, 6.45) is 1.84. The number of sulfonamides is 1. The molecule has 1 amide bonds. The van der Waals surface area contributed by atoms with Crippen LogP contribution >= 0.6 is 0 Å². The second kappa shape index (κ2) is 9.78. The van der Waals surface area contributed by atoms with Gasteiger partial charge in [-0.3, -0.25) is 9.10 Å². The lowest BCUT2D eigenvalue weighted by molar-refractivity contribution is -0.120. The highest BCUT2D eigenvalue weighted by Gasteiger charge is 2.23. The molecule has 7 heteroatoms. The molecule has 0 bridgehead atoms. The lowest BCUT2D eigenvalue weighted by atomic mass is 9.97. The fraction of sp³-hybridized carbons (Fsp3) is 0.409. The predicted molar refractivity (Wildman–Crippen MR) is 117 cm³/mol. The Morgan fingerprint density at radius 3 is 2.14 bits per heavy atom. The van der Waals surface area contributed by atoms with Crippen LogP contribution in [0.2, 0.25) is 0 Å². The van der Waals surface area contributed by atoms with E-state index in [0.717, 1.165) is 33.9 Å². The van der Waals surface area contributed by atoms with Gasteiger partial charge in [0.1, 0.15) is 12.3 Å². The van der Waals surface area contributed by atoms with Crippen molar-refractivity contribution in [2.75, 3.05) is 24.2 Å². The first kappa shape index (κ1) is 22.7. The summed E-state index contributed by atoms with van der Waals surface area (Å²) >= 11 is 0. The van der Waals surface area contributed by atoms with Gasteiger partial charge in [-0.15, -0.1) is 0 Å². The number of amides is 1. The minimum Gasteiger partial charge on any atom is -0.497 e. The number of rotatable bonds is 9. The zero-order chi connectivity index (χ0) is 21.6. The molecule has 0 saturated carbocycles. The molecule has 0 aliphatic heterocycles. The molecule has 2 aromatic carbocycles. The van der Waals surface area contributed by atoms with Crippen molar-refractivity contribution in [1.82, 2.24) is 5.32 Å². The Morgan fingerprint density at radius 1 is 1.07 bits per heavy atom. The van der Waals surface area contributed by atoms with Gasteiger partial charge in [-0.2, -0.15) is 0 Å². The topological polar surface area (TPSA) is 75.7 Å². The number of ether oxygens (including phenoxy) is 1. The second-order valence-electron chi connectivity index (χ2n) is 7.63. The number of hydrogen-bond acceptors (Lipinski definition) is 4. The largest absolute Gasteiger partial charge is 0.497 e. The molecule has 0 fully saturated rings. The van der Waals surface area contributed by atoms with E-state index in [-0.39, 0.29) is 18.5 Å². The van der Waals surface area contributed by atoms with Gasteiger partial charge in [0.15, 0.2) is 0 Å². The van der Waals surface area contributed by atoms with Crippen molar-refractivity contribution in [3.05, 3.63) is 59.7 Å². The van der Waals surface area contributed by atoms with Crippen molar-refractivity contribution < 1.29 is 17.9 Å². The monoisotopic (exact) mass is 418 g/mol. The molecule has 1 N–H and O–H groups in total. The Labute approximate surface area is 173 Å². The van der Waals surface area contributed by atoms with Crippen molar-refractivity contribution in [2.24, 2.45) is 5.92 Å². The first-order chi connectivity index (χ1) is 13.6. The van der Waals surface area contributed by atoms with E-state index in [2.05, 4.69) is 19.2 Å². The average Bonchev–Trinajstić information content (AvgIpc) is 2.65. The Balaban J connectivity index is 2.20. The minimum absolute atomic E-state index is 0.215. The van der Waals surface area contributed by atoms with Gasteiger partial charge in [0.25, 0.3) is 0 Å². The number of nitrogens with zero attached hydrogens (tertiary/aromatic N) is 1. The third kappa shape index (κ3) is 6.78. The van der Waals surface area contributed by atoms with Gasteiger partial charge in [-0.25, -0.2) is 8.42 Å². The molecule has 0 aliphatic rings. The number of benzene rings is 2. The molecule has 0 radical (unpaired) electrons. The molecular weight excluding hydrogens is 388 g/mol. The van der Waals surface area contributed by atoms with Crippen LogP contribution in [0.5, 0.6) is 5.75 Å². The van der Waals surface area contributed by atoms with Crippen LogP contribution < -0.4 is 14.4 Å². The number of methoxy groups -OCH3 is 1.